The van der Waals surface area contributed by atoms with Gasteiger partial charge in [0.1, 0.15) is 19.1 Å². The van der Waals surface area contributed by atoms with Gasteiger partial charge in [-0.15, -0.1) is 0 Å². The lowest BCUT2D eigenvalue weighted by molar-refractivity contribution is -0.139. The average molecular weight is 679 g/mol. The first-order valence-electron chi connectivity index (χ1n) is 16.6. The molecule has 0 aromatic carbocycles. The van der Waals surface area contributed by atoms with Crippen LogP contribution >= 0.6 is 0 Å². The van der Waals surface area contributed by atoms with Gasteiger partial charge in [-0.1, -0.05) is 12.5 Å². The molecule has 1 saturated carbocycles. The van der Waals surface area contributed by atoms with Crippen molar-refractivity contribution in [2.24, 2.45) is 23.3 Å². The molecule has 0 heterocycles. The minimum atomic E-state index is -0.836. The molecule has 0 aromatic rings. The molecule has 48 heavy (non-hydrogen) atoms. The Bertz CT molecular complexity index is 1170. The van der Waals surface area contributed by atoms with Gasteiger partial charge >= 0.3 is 0 Å². The molecule has 0 aromatic heterocycles. The van der Waals surface area contributed by atoms with E-state index < -0.39 is 54.6 Å². The van der Waals surface area contributed by atoms with E-state index in [-0.39, 0.29) is 37.2 Å². The summed E-state index contributed by atoms with van der Waals surface area (Å²) in [4.78, 5) is 97.8. The third-order valence-electron chi connectivity index (χ3n) is 7.77. The van der Waals surface area contributed by atoms with E-state index in [0.29, 0.717) is 69.5 Å². The molecule has 1 aliphatic rings. The predicted molar refractivity (Wildman–Crippen MR) is 177 cm³/mol. The summed E-state index contributed by atoms with van der Waals surface area (Å²) >= 11 is 0. The van der Waals surface area contributed by atoms with Gasteiger partial charge in [0.05, 0.1) is 0 Å². The van der Waals surface area contributed by atoms with E-state index in [1.165, 1.54) is 13.8 Å². The number of nitrogens with two attached hydrogens (primary N) is 2. The molecule has 1 aliphatic carbocycles. The molecule has 9 N–H and O–H groups in total. The van der Waals surface area contributed by atoms with Gasteiger partial charge in [0.25, 0.3) is 0 Å². The maximum absolute atomic E-state index is 13.1. The smallest absolute Gasteiger partial charge is 0.244 e. The van der Waals surface area contributed by atoms with Crippen molar-refractivity contribution in [1.29, 1.82) is 0 Å². The second kappa shape index (κ2) is 22.9. The largest absolute Gasteiger partial charge is 0.369 e. The van der Waals surface area contributed by atoms with Crippen molar-refractivity contribution < 1.29 is 38.4 Å². The molecule has 270 valence electrons. The Hall–Kier alpha value is -4.50. The van der Waals surface area contributed by atoms with Gasteiger partial charge in [-0.3, -0.25) is 38.4 Å². The number of hydrogen-bond acceptors (Lipinski definition) is 8. The number of unbranched alkanes of at least 4 members (excludes halogenated alkanes) is 2. The number of rotatable bonds is 25. The molecule has 0 saturated heterocycles. The fourth-order valence-electron chi connectivity index (χ4n) is 4.94. The van der Waals surface area contributed by atoms with Crippen LogP contribution in [0.15, 0.2) is 11.6 Å². The number of primary amides is 2. The van der Waals surface area contributed by atoms with Crippen LogP contribution in [-0.4, -0.2) is 97.5 Å². The summed E-state index contributed by atoms with van der Waals surface area (Å²) < 4.78 is 0. The van der Waals surface area contributed by atoms with Crippen LogP contribution in [0.4, 0.5) is 0 Å². The topological polar surface area (TPSA) is 252 Å². The number of amides is 8. The number of nitrogens with one attached hydrogen (secondary N) is 5. The first-order valence-corrected chi connectivity index (χ1v) is 16.6. The van der Waals surface area contributed by atoms with Gasteiger partial charge in [0, 0.05) is 57.9 Å². The summed E-state index contributed by atoms with van der Waals surface area (Å²) in [5, 5.41) is 13.3. The van der Waals surface area contributed by atoms with Crippen LogP contribution in [0.25, 0.3) is 0 Å². The Balaban J connectivity index is 2.69. The molecular weight excluding hydrogens is 624 g/mol. The van der Waals surface area contributed by atoms with E-state index in [1.54, 1.807) is 13.0 Å². The maximum atomic E-state index is 13.1. The molecule has 16 nitrogen and oxygen atoms in total. The Morgan fingerprint density at radius 2 is 1.31 bits per heavy atom. The van der Waals surface area contributed by atoms with E-state index in [1.807, 2.05) is 0 Å². The third-order valence-corrected chi connectivity index (χ3v) is 7.77. The van der Waals surface area contributed by atoms with Crippen LogP contribution in [0.2, 0.25) is 0 Å². The zero-order valence-electron chi connectivity index (χ0n) is 28.5. The highest BCUT2D eigenvalue weighted by Gasteiger charge is 2.34. The van der Waals surface area contributed by atoms with E-state index in [2.05, 4.69) is 26.6 Å². The lowest BCUT2D eigenvalue weighted by atomic mass is 9.96. The standard InChI is InChI=1S/C32H54N8O8/c1-21(30(33)46)9-8-17-37-28(44)20-40(19-27(43)36-16-6-4-10-25(31(34)47)24-12-13-24)29(45)14-18-38-32(48)26(39-23(3)42)11-5-7-15-35-22(2)41/h9,24-26H,4-8,10-20H2,1-3H3,(H2,33,46)(H2,34,47)(H,35,41)(H,36,43)(H,37,44)(H,38,48)(H,39,42)/b21-9-/t25-,26+/m1/s1. The van der Waals surface area contributed by atoms with E-state index in [0.717, 1.165) is 17.7 Å². The fraction of sp³-hybridized carbons (Fsp3) is 0.688. The lowest BCUT2D eigenvalue weighted by Gasteiger charge is -2.22. The number of hydrogen-bond donors (Lipinski definition) is 7. The molecule has 0 aliphatic heterocycles. The van der Waals surface area contributed by atoms with Crippen LogP contribution < -0.4 is 38.1 Å². The second-order valence-electron chi connectivity index (χ2n) is 12.1. The van der Waals surface area contributed by atoms with E-state index >= 15 is 0 Å². The first kappa shape index (κ1) is 41.5. The molecule has 1 fully saturated rings. The van der Waals surface area contributed by atoms with E-state index in [9.17, 15) is 38.4 Å². The van der Waals surface area contributed by atoms with Crippen molar-refractivity contribution in [1.82, 2.24) is 31.5 Å². The number of carbonyl (C=O) groups excluding carboxylic acids is 8. The molecule has 1 rings (SSSR count). The van der Waals surface area contributed by atoms with Gasteiger partial charge in [0.15, 0.2) is 0 Å². The zero-order valence-corrected chi connectivity index (χ0v) is 28.5. The molecule has 0 bridgehead atoms. The Morgan fingerprint density at radius 3 is 1.85 bits per heavy atom. The van der Waals surface area contributed by atoms with Gasteiger partial charge in [0.2, 0.25) is 47.3 Å². The van der Waals surface area contributed by atoms with Crippen LogP contribution in [0.1, 0.15) is 85.0 Å². The molecule has 8 amide bonds. The van der Waals surface area contributed by atoms with Crippen molar-refractivity contribution in [3.05, 3.63) is 11.6 Å². The SMILES string of the molecule is CC(=O)NCCCC[C@H](NC(C)=O)C(=O)NCCC(=O)N(CC(=O)NCC/C=C(/C)C(N)=O)CC(=O)NCCCC[C@@H](C(N)=O)C1CC1. The molecule has 0 radical (unpaired) electrons. The Kier molecular flexibility index (Phi) is 19.8. The average Bonchev–Trinajstić information content (AvgIpc) is 3.84. The van der Waals surface area contributed by atoms with Gasteiger partial charge in [-0.05, 0) is 64.2 Å². The summed E-state index contributed by atoms with van der Waals surface area (Å²) in [5.41, 5.74) is 11.0. The fourth-order valence-corrected chi connectivity index (χ4v) is 4.94. The van der Waals surface area contributed by atoms with Crippen molar-refractivity contribution in [2.45, 2.75) is 91.0 Å². The highest BCUT2D eigenvalue weighted by Crippen LogP contribution is 2.39. The summed E-state index contributed by atoms with van der Waals surface area (Å²) in [5.74, 6) is -3.25. The van der Waals surface area contributed by atoms with Gasteiger partial charge < -0.3 is 43.0 Å². The van der Waals surface area contributed by atoms with Gasteiger partial charge in [-0.25, -0.2) is 0 Å². The summed E-state index contributed by atoms with van der Waals surface area (Å²) in [6, 6.07) is -0.836. The number of nitrogens with zero attached hydrogens (tertiary/aromatic N) is 1. The molecule has 0 spiro atoms. The third kappa shape index (κ3) is 19.2. The minimum absolute atomic E-state index is 0.0986. The lowest BCUT2D eigenvalue weighted by Crippen LogP contribution is -2.48. The van der Waals surface area contributed by atoms with Gasteiger partial charge in [-0.2, -0.15) is 0 Å². The zero-order chi connectivity index (χ0) is 36.1. The normalized spacial score (nSPS) is 13.8. The summed E-state index contributed by atoms with van der Waals surface area (Å²) in [7, 11) is 0. The van der Waals surface area contributed by atoms with Crippen molar-refractivity contribution >= 4 is 47.3 Å². The monoisotopic (exact) mass is 678 g/mol. The summed E-state index contributed by atoms with van der Waals surface area (Å²) in [6.45, 7) is 4.28. The second-order valence-corrected chi connectivity index (χ2v) is 12.1. The van der Waals surface area contributed by atoms with Crippen molar-refractivity contribution in [2.75, 3.05) is 39.3 Å². The van der Waals surface area contributed by atoms with Crippen molar-refractivity contribution in [3.8, 4) is 0 Å². The maximum Gasteiger partial charge on any atom is 0.244 e. The quantitative estimate of drug-likeness (QED) is 0.0458. The number of carbonyl (C=O) groups is 8. The molecule has 0 unspecified atom stereocenters. The van der Waals surface area contributed by atoms with Crippen LogP contribution in [0, 0.1) is 11.8 Å². The predicted octanol–water partition coefficient (Wildman–Crippen LogP) is -1.13. The molecule has 16 heteroatoms. The van der Waals surface area contributed by atoms with Crippen LogP contribution in [-0.2, 0) is 38.4 Å². The summed E-state index contributed by atoms with van der Waals surface area (Å²) in [6.07, 6.45) is 7.17. The Morgan fingerprint density at radius 1 is 0.729 bits per heavy atom. The van der Waals surface area contributed by atoms with Crippen molar-refractivity contribution in [3.63, 3.8) is 0 Å². The molecular formula is C32H54N8O8. The Labute approximate surface area is 282 Å². The highest BCUT2D eigenvalue weighted by molar-refractivity contribution is 5.91. The highest BCUT2D eigenvalue weighted by atomic mass is 16.2. The van der Waals surface area contributed by atoms with Crippen LogP contribution in [0.3, 0.4) is 0 Å². The molecule has 2 atom stereocenters. The van der Waals surface area contributed by atoms with Crippen LogP contribution in [0.5, 0.6) is 0 Å². The van der Waals surface area contributed by atoms with E-state index in [4.69, 9.17) is 11.5 Å². The minimum Gasteiger partial charge on any atom is -0.369 e. The first-order chi connectivity index (χ1) is 22.7.